The average molecular weight is 257 g/mol. The van der Waals surface area contributed by atoms with E-state index in [0.717, 1.165) is 37.2 Å². The standard InChI is InChI=1S/C13H14F3NO/c1-9-5-10(13(14,15)16)7-12(6-9)18-8-11-3-2-4-17-11/h5-8,17H,2-4H2,1H3/b11-8+. The van der Waals surface area contributed by atoms with E-state index in [1.807, 2.05) is 0 Å². The number of hydrogen-bond donors (Lipinski definition) is 1. The molecule has 0 saturated carbocycles. The highest BCUT2D eigenvalue weighted by atomic mass is 19.4. The lowest BCUT2D eigenvalue weighted by atomic mass is 10.1. The number of ether oxygens (including phenoxy) is 1. The Morgan fingerprint density at radius 2 is 2.06 bits per heavy atom. The predicted octanol–water partition coefficient (Wildman–Crippen LogP) is 3.62. The van der Waals surface area contributed by atoms with Crippen LogP contribution in [0.25, 0.3) is 0 Å². The molecule has 0 unspecified atom stereocenters. The molecule has 0 aromatic heterocycles. The Bertz CT molecular complexity index is 458. The number of halogens is 3. The van der Waals surface area contributed by atoms with Crippen molar-refractivity contribution < 1.29 is 17.9 Å². The molecule has 0 amide bonds. The molecule has 5 heteroatoms. The summed E-state index contributed by atoms with van der Waals surface area (Å²) >= 11 is 0. The first kappa shape index (κ1) is 12.8. The summed E-state index contributed by atoms with van der Waals surface area (Å²) in [7, 11) is 0. The lowest BCUT2D eigenvalue weighted by Gasteiger charge is -2.10. The first-order valence-corrected chi connectivity index (χ1v) is 5.73. The van der Waals surface area contributed by atoms with Crippen molar-refractivity contribution in [3.63, 3.8) is 0 Å². The zero-order chi connectivity index (χ0) is 13.2. The minimum atomic E-state index is -4.34. The van der Waals surface area contributed by atoms with Crippen LogP contribution in [0.1, 0.15) is 24.0 Å². The second-order valence-corrected chi connectivity index (χ2v) is 4.32. The van der Waals surface area contributed by atoms with E-state index in [-0.39, 0.29) is 5.75 Å². The topological polar surface area (TPSA) is 21.3 Å². The van der Waals surface area contributed by atoms with E-state index >= 15 is 0 Å². The third kappa shape index (κ3) is 3.18. The Morgan fingerprint density at radius 1 is 1.28 bits per heavy atom. The molecule has 1 aromatic rings. The molecule has 1 heterocycles. The number of rotatable bonds is 2. The Morgan fingerprint density at radius 3 is 2.67 bits per heavy atom. The highest BCUT2D eigenvalue weighted by molar-refractivity contribution is 5.35. The maximum absolute atomic E-state index is 12.6. The summed E-state index contributed by atoms with van der Waals surface area (Å²) in [6.07, 6.45) is -0.959. The first-order valence-electron chi connectivity index (χ1n) is 5.73. The molecule has 0 bridgehead atoms. The van der Waals surface area contributed by atoms with Gasteiger partial charge in [0.05, 0.1) is 5.56 Å². The van der Waals surface area contributed by atoms with Crippen LogP contribution in [0.4, 0.5) is 13.2 Å². The van der Waals surface area contributed by atoms with Gasteiger partial charge < -0.3 is 10.1 Å². The van der Waals surface area contributed by atoms with Crippen molar-refractivity contribution in [2.45, 2.75) is 25.9 Å². The van der Waals surface area contributed by atoms with Gasteiger partial charge in [-0.05, 0) is 43.5 Å². The molecule has 1 aromatic carbocycles. The Labute approximate surface area is 103 Å². The zero-order valence-electron chi connectivity index (χ0n) is 9.97. The highest BCUT2D eigenvalue weighted by Gasteiger charge is 2.31. The fourth-order valence-corrected chi connectivity index (χ4v) is 1.84. The van der Waals surface area contributed by atoms with Crippen molar-refractivity contribution in [2.75, 3.05) is 6.54 Å². The maximum Gasteiger partial charge on any atom is 0.416 e. The van der Waals surface area contributed by atoms with E-state index in [4.69, 9.17) is 4.74 Å². The van der Waals surface area contributed by atoms with Crippen LogP contribution in [0.15, 0.2) is 30.2 Å². The molecule has 2 nitrogen and oxygen atoms in total. The van der Waals surface area contributed by atoms with Crippen molar-refractivity contribution in [3.8, 4) is 5.75 Å². The molecular formula is C13H14F3NO. The van der Waals surface area contributed by atoms with Crippen LogP contribution in [-0.4, -0.2) is 6.54 Å². The van der Waals surface area contributed by atoms with Crippen LogP contribution in [0.2, 0.25) is 0 Å². The van der Waals surface area contributed by atoms with Crippen molar-refractivity contribution in [3.05, 3.63) is 41.3 Å². The van der Waals surface area contributed by atoms with E-state index in [2.05, 4.69) is 5.32 Å². The molecule has 1 aliphatic rings. The predicted molar refractivity (Wildman–Crippen MR) is 62.1 cm³/mol. The summed E-state index contributed by atoms with van der Waals surface area (Å²) in [6.45, 7) is 2.50. The summed E-state index contributed by atoms with van der Waals surface area (Å²) < 4.78 is 43.1. The van der Waals surface area contributed by atoms with Gasteiger partial charge in [-0.1, -0.05) is 0 Å². The number of benzene rings is 1. The fourth-order valence-electron chi connectivity index (χ4n) is 1.84. The quantitative estimate of drug-likeness (QED) is 0.817. The first-order chi connectivity index (χ1) is 8.45. The zero-order valence-corrected chi connectivity index (χ0v) is 9.97. The number of allylic oxidation sites excluding steroid dienone is 1. The monoisotopic (exact) mass is 257 g/mol. The second kappa shape index (κ2) is 4.92. The summed E-state index contributed by atoms with van der Waals surface area (Å²) in [5.74, 6) is 0.212. The summed E-state index contributed by atoms with van der Waals surface area (Å²) in [6, 6.07) is 3.70. The van der Waals surface area contributed by atoms with Gasteiger partial charge in [0.2, 0.25) is 0 Å². The Kier molecular flexibility index (Phi) is 3.50. The molecule has 1 saturated heterocycles. The maximum atomic E-state index is 12.6. The average Bonchev–Trinajstić information content (AvgIpc) is 2.77. The molecule has 2 rings (SSSR count). The van der Waals surface area contributed by atoms with Gasteiger partial charge in [-0.25, -0.2) is 0 Å². The molecule has 0 radical (unpaired) electrons. The number of aryl methyl sites for hydroxylation is 1. The third-order valence-corrected chi connectivity index (χ3v) is 2.69. The van der Waals surface area contributed by atoms with Crippen molar-refractivity contribution in [1.29, 1.82) is 0 Å². The van der Waals surface area contributed by atoms with Crippen molar-refractivity contribution in [2.24, 2.45) is 0 Å². The third-order valence-electron chi connectivity index (χ3n) is 2.69. The lowest BCUT2D eigenvalue weighted by Crippen LogP contribution is -2.06. The summed E-state index contributed by atoms with van der Waals surface area (Å²) in [4.78, 5) is 0. The van der Waals surface area contributed by atoms with Crippen LogP contribution >= 0.6 is 0 Å². The molecule has 0 atom stereocenters. The summed E-state index contributed by atoms with van der Waals surface area (Å²) in [5.41, 5.74) is 0.762. The van der Waals surface area contributed by atoms with Gasteiger partial charge in [0, 0.05) is 12.2 Å². The van der Waals surface area contributed by atoms with Crippen molar-refractivity contribution in [1.82, 2.24) is 5.32 Å². The smallest absolute Gasteiger partial charge is 0.416 e. The Hall–Kier alpha value is -1.65. The van der Waals surface area contributed by atoms with Gasteiger partial charge in [-0.3, -0.25) is 0 Å². The molecule has 18 heavy (non-hydrogen) atoms. The second-order valence-electron chi connectivity index (χ2n) is 4.32. The molecule has 0 spiro atoms. The van der Waals surface area contributed by atoms with Gasteiger partial charge in [0.25, 0.3) is 0 Å². The molecule has 1 N–H and O–H groups in total. The largest absolute Gasteiger partial charge is 0.463 e. The van der Waals surface area contributed by atoms with Gasteiger partial charge >= 0.3 is 6.18 Å². The molecule has 0 aliphatic carbocycles. The lowest BCUT2D eigenvalue weighted by molar-refractivity contribution is -0.137. The van der Waals surface area contributed by atoms with Crippen LogP contribution in [-0.2, 0) is 6.18 Å². The molecule has 1 aliphatic heterocycles. The van der Waals surface area contributed by atoms with Gasteiger partial charge in [-0.2, -0.15) is 13.2 Å². The Balaban J connectivity index is 2.17. The van der Waals surface area contributed by atoms with Crippen LogP contribution in [0, 0.1) is 6.92 Å². The molecule has 98 valence electrons. The number of alkyl halides is 3. The molecule has 1 fully saturated rings. The molecular weight excluding hydrogens is 243 g/mol. The van der Waals surface area contributed by atoms with E-state index in [9.17, 15) is 13.2 Å². The van der Waals surface area contributed by atoms with E-state index in [0.29, 0.717) is 5.56 Å². The van der Waals surface area contributed by atoms with Crippen LogP contribution in [0.3, 0.4) is 0 Å². The van der Waals surface area contributed by atoms with Crippen LogP contribution < -0.4 is 10.1 Å². The van der Waals surface area contributed by atoms with Crippen molar-refractivity contribution >= 4 is 0 Å². The normalized spacial score (nSPS) is 17.9. The van der Waals surface area contributed by atoms with Gasteiger partial charge in [-0.15, -0.1) is 0 Å². The number of nitrogens with one attached hydrogen (secondary N) is 1. The van der Waals surface area contributed by atoms with E-state index < -0.39 is 11.7 Å². The minimum Gasteiger partial charge on any atom is -0.463 e. The van der Waals surface area contributed by atoms with E-state index in [1.165, 1.54) is 6.26 Å². The minimum absolute atomic E-state index is 0.212. The number of hydrogen-bond acceptors (Lipinski definition) is 2. The van der Waals surface area contributed by atoms with E-state index in [1.54, 1.807) is 13.0 Å². The van der Waals surface area contributed by atoms with Gasteiger partial charge in [0.15, 0.2) is 0 Å². The van der Waals surface area contributed by atoms with Gasteiger partial charge in [0.1, 0.15) is 12.0 Å². The fraction of sp³-hybridized carbons (Fsp3) is 0.385. The SMILES string of the molecule is Cc1cc(O/C=C2\CCCN2)cc(C(F)(F)F)c1. The summed E-state index contributed by atoms with van der Waals surface area (Å²) in [5, 5.41) is 3.10. The van der Waals surface area contributed by atoms with Crippen LogP contribution in [0.5, 0.6) is 5.75 Å². The highest BCUT2D eigenvalue weighted by Crippen LogP contribution is 2.32.